The van der Waals surface area contributed by atoms with Crippen molar-refractivity contribution in [1.29, 1.82) is 0 Å². The van der Waals surface area contributed by atoms with Gasteiger partial charge in [0.05, 0.1) is 18.8 Å². The zero-order valence-corrected chi connectivity index (χ0v) is 19.9. The van der Waals surface area contributed by atoms with E-state index in [-0.39, 0.29) is 38.1 Å². The maximum Gasteiger partial charge on any atom is 0.407 e. The van der Waals surface area contributed by atoms with Crippen LogP contribution < -0.4 is 10.6 Å². The third kappa shape index (κ3) is 5.84. The molecule has 1 aromatic heterocycles. The molecule has 3 aromatic rings. The third-order valence-corrected chi connectivity index (χ3v) is 6.69. The number of carboxylic acid groups (broad SMARTS) is 1. The van der Waals surface area contributed by atoms with Crippen LogP contribution in [0.4, 0.5) is 4.79 Å². The maximum absolute atomic E-state index is 12.4. The first-order valence-corrected chi connectivity index (χ1v) is 11.9. The van der Waals surface area contributed by atoms with Crippen molar-refractivity contribution in [2.24, 2.45) is 0 Å². The Hall–Kier alpha value is -3.76. The predicted octanol–water partition coefficient (Wildman–Crippen LogP) is 3.32. The number of aromatic nitrogens is 1. The minimum atomic E-state index is -1.07. The highest BCUT2D eigenvalue weighted by Crippen LogP contribution is 2.44. The molecule has 9 nitrogen and oxygen atoms in total. The Balaban J connectivity index is 1.27. The summed E-state index contributed by atoms with van der Waals surface area (Å²) >= 11 is 1.17. The van der Waals surface area contributed by atoms with E-state index < -0.39 is 18.7 Å². The molecule has 1 aliphatic carbocycles. The van der Waals surface area contributed by atoms with E-state index in [0.717, 1.165) is 22.3 Å². The third-order valence-electron chi connectivity index (χ3n) is 5.53. The van der Waals surface area contributed by atoms with E-state index in [1.807, 2.05) is 24.3 Å². The standard InChI is InChI=1S/C25H25N3O6S/c1-15-23(24(31)26-10-11-33-14-22(29)30)35-21(28-15)12-27-25(32)34-13-20-18-8-4-2-6-16(18)17-7-3-5-9-19(17)20/h2-9,20H,10-14H2,1H3,(H,26,31)(H,27,32)(H,29,30). The van der Waals surface area contributed by atoms with E-state index in [2.05, 4.69) is 39.9 Å². The predicted molar refractivity (Wildman–Crippen MR) is 130 cm³/mol. The lowest BCUT2D eigenvalue weighted by atomic mass is 9.98. The number of thiazole rings is 1. The minimum Gasteiger partial charge on any atom is -0.480 e. The normalized spacial score (nSPS) is 12.0. The van der Waals surface area contributed by atoms with E-state index in [9.17, 15) is 14.4 Å². The largest absolute Gasteiger partial charge is 0.480 e. The number of carboxylic acids is 1. The van der Waals surface area contributed by atoms with Gasteiger partial charge in [0.1, 0.15) is 23.1 Å². The Bertz CT molecular complexity index is 1200. The summed E-state index contributed by atoms with van der Waals surface area (Å²) in [6.45, 7) is 1.92. The maximum atomic E-state index is 12.4. The molecule has 1 aliphatic rings. The topological polar surface area (TPSA) is 127 Å². The number of hydrogen-bond donors (Lipinski definition) is 3. The Kier molecular flexibility index (Phi) is 7.74. The fourth-order valence-electron chi connectivity index (χ4n) is 4.01. The molecule has 0 aliphatic heterocycles. The van der Waals surface area contributed by atoms with E-state index in [4.69, 9.17) is 14.6 Å². The molecule has 1 heterocycles. The average molecular weight is 496 g/mol. The van der Waals surface area contributed by atoms with Gasteiger partial charge >= 0.3 is 12.1 Å². The molecule has 0 saturated carbocycles. The van der Waals surface area contributed by atoms with Crippen molar-refractivity contribution in [3.8, 4) is 11.1 Å². The number of carbonyl (C=O) groups excluding carboxylic acids is 2. The quantitative estimate of drug-likeness (QED) is 0.368. The van der Waals surface area contributed by atoms with Crippen LogP contribution in [0, 0.1) is 6.92 Å². The summed E-state index contributed by atoms with van der Waals surface area (Å²) in [7, 11) is 0. The van der Waals surface area contributed by atoms with Crippen LogP contribution in [0.5, 0.6) is 0 Å². The molecule has 0 unspecified atom stereocenters. The minimum absolute atomic E-state index is 0.0231. The molecule has 2 amide bonds. The molecule has 10 heteroatoms. The molecule has 0 spiro atoms. The number of alkyl carbamates (subject to hydrolysis) is 1. The molecule has 0 saturated heterocycles. The Morgan fingerprint density at radius 3 is 2.34 bits per heavy atom. The molecule has 182 valence electrons. The summed E-state index contributed by atoms with van der Waals surface area (Å²) in [5.41, 5.74) is 5.15. The molecular formula is C25H25N3O6S. The van der Waals surface area contributed by atoms with Crippen LogP contribution in [-0.2, 0) is 20.8 Å². The monoisotopic (exact) mass is 495 g/mol. The number of nitrogens with one attached hydrogen (secondary N) is 2. The van der Waals surface area contributed by atoms with Crippen LogP contribution in [0.25, 0.3) is 11.1 Å². The second-order valence-corrected chi connectivity index (χ2v) is 8.99. The average Bonchev–Trinajstić information content (AvgIpc) is 3.38. The molecule has 0 fully saturated rings. The number of hydrogen-bond acceptors (Lipinski definition) is 7. The highest BCUT2D eigenvalue weighted by molar-refractivity contribution is 7.13. The van der Waals surface area contributed by atoms with Crippen molar-refractivity contribution in [3.05, 3.63) is 75.2 Å². The number of benzene rings is 2. The first kappa shape index (κ1) is 24.4. The number of ether oxygens (including phenoxy) is 2. The van der Waals surface area contributed by atoms with Crippen molar-refractivity contribution in [2.45, 2.75) is 19.4 Å². The zero-order chi connectivity index (χ0) is 24.8. The van der Waals surface area contributed by atoms with E-state index >= 15 is 0 Å². The fraction of sp³-hybridized carbons (Fsp3) is 0.280. The van der Waals surface area contributed by atoms with Crippen LogP contribution in [0.3, 0.4) is 0 Å². The number of nitrogens with zero attached hydrogens (tertiary/aromatic N) is 1. The zero-order valence-electron chi connectivity index (χ0n) is 19.1. The number of fused-ring (bicyclic) bond motifs is 3. The summed E-state index contributed by atoms with van der Waals surface area (Å²) in [5, 5.41) is 14.5. The van der Waals surface area contributed by atoms with Gasteiger partial charge in [0.15, 0.2) is 0 Å². The van der Waals surface area contributed by atoms with Gasteiger partial charge in [-0.15, -0.1) is 11.3 Å². The Morgan fingerprint density at radius 1 is 1.03 bits per heavy atom. The molecule has 0 bridgehead atoms. The van der Waals surface area contributed by atoms with E-state index in [1.165, 1.54) is 11.3 Å². The number of amides is 2. The molecule has 2 aromatic carbocycles. The van der Waals surface area contributed by atoms with Gasteiger partial charge in [0, 0.05) is 12.5 Å². The number of aliphatic carboxylic acids is 1. The summed E-state index contributed by atoms with van der Waals surface area (Å²) in [6.07, 6.45) is -0.554. The molecule has 35 heavy (non-hydrogen) atoms. The molecule has 3 N–H and O–H groups in total. The Morgan fingerprint density at radius 2 is 1.69 bits per heavy atom. The second kappa shape index (κ2) is 11.1. The van der Waals surface area contributed by atoms with Gasteiger partial charge in [-0.05, 0) is 29.2 Å². The summed E-state index contributed by atoms with van der Waals surface area (Å²) in [5.74, 6) is -1.42. The molecule has 0 atom stereocenters. The SMILES string of the molecule is Cc1nc(CNC(=O)OCC2c3ccccc3-c3ccccc32)sc1C(=O)NCCOCC(=O)O. The molecule has 0 radical (unpaired) electrons. The number of rotatable bonds is 10. The molecular weight excluding hydrogens is 470 g/mol. The van der Waals surface area contributed by atoms with Gasteiger partial charge in [-0.3, -0.25) is 4.79 Å². The van der Waals surface area contributed by atoms with Gasteiger partial charge in [0.25, 0.3) is 5.91 Å². The lowest BCUT2D eigenvalue weighted by Gasteiger charge is -2.14. The van der Waals surface area contributed by atoms with Gasteiger partial charge in [-0.2, -0.15) is 0 Å². The van der Waals surface area contributed by atoms with Gasteiger partial charge < -0.3 is 25.2 Å². The fourth-order valence-corrected chi connectivity index (χ4v) is 4.93. The first-order valence-electron chi connectivity index (χ1n) is 11.1. The van der Waals surface area contributed by atoms with E-state index in [1.54, 1.807) is 6.92 Å². The van der Waals surface area contributed by atoms with Gasteiger partial charge in [-0.25, -0.2) is 14.6 Å². The second-order valence-electron chi connectivity index (χ2n) is 7.90. The lowest BCUT2D eigenvalue weighted by Crippen LogP contribution is -2.27. The van der Waals surface area contributed by atoms with Crippen LogP contribution in [0.15, 0.2) is 48.5 Å². The number of aryl methyl sites for hydroxylation is 1. The summed E-state index contributed by atoms with van der Waals surface area (Å²) in [4.78, 5) is 39.9. The van der Waals surface area contributed by atoms with Crippen molar-refractivity contribution in [2.75, 3.05) is 26.4 Å². The van der Waals surface area contributed by atoms with Crippen molar-refractivity contribution >= 4 is 29.3 Å². The summed E-state index contributed by atoms with van der Waals surface area (Å²) < 4.78 is 10.4. The smallest absolute Gasteiger partial charge is 0.407 e. The Labute approximate surface area is 206 Å². The summed E-state index contributed by atoms with van der Waals surface area (Å²) in [6, 6.07) is 16.3. The highest BCUT2D eigenvalue weighted by Gasteiger charge is 2.29. The highest BCUT2D eigenvalue weighted by atomic mass is 32.1. The first-order chi connectivity index (χ1) is 16.9. The van der Waals surface area contributed by atoms with Crippen LogP contribution in [0.2, 0.25) is 0 Å². The molecule has 4 rings (SSSR count). The van der Waals surface area contributed by atoms with Crippen LogP contribution in [0.1, 0.15) is 37.4 Å². The van der Waals surface area contributed by atoms with E-state index in [0.29, 0.717) is 15.6 Å². The van der Waals surface area contributed by atoms with Crippen LogP contribution in [-0.4, -0.2) is 54.4 Å². The van der Waals surface area contributed by atoms with Gasteiger partial charge in [0.2, 0.25) is 0 Å². The number of carbonyl (C=O) groups is 3. The lowest BCUT2D eigenvalue weighted by molar-refractivity contribution is -0.142. The van der Waals surface area contributed by atoms with Gasteiger partial charge in [-0.1, -0.05) is 48.5 Å². The van der Waals surface area contributed by atoms with Crippen molar-refractivity contribution in [1.82, 2.24) is 15.6 Å². The van der Waals surface area contributed by atoms with Crippen molar-refractivity contribution < 1.29 is 29.0 Å². The van der Waals surface area contributed by atoms with Crippen molar-refractivity contribution in [3.63, 3.8) is 0 Å². The van der Waals surface area contributed by atoms with Crippen LogP contribution >= 0.6 is 11.3 Å².